The Kier molecular flexibility index (Phi) is 7.39. The van der Waals surface area contributed by atoms with Crippen LogP contribution < -0.4 is 5.32 Å². The van der Waals surface area contributed by atoms with Gasteiger partial charge >= 0.3 is 0 Å². The normalized spacial score (nSPS) is 20.9. The molecular formula is C25H25F3N2O3. The Bertz CT molecular complexity index is 1130. The third kappa shape index (κ3) is 5.59. The van der Waals surface area contributed by atoms with Crippen LogP contribution in [0.15, 0.2) is 54.7 Å². The molecule has 8 heteroatoms. The van der Waals surface area contributed by atoms with E-state index in [1.165, 1.54) is 30.5 Å². The Morgan fingerprint density at radius 2 is 1.85 bits per heavy atom. The van der Waals surface area contributed by atoms with E-state index < -0.39 is 35.8 Å². The van der Waals surface area contributed by atoms with Crippen LogP contribution >= 0.6 is 0 Å². The number of nitrogens with one attached hydrogen (secondary N) is 1. The van der Waals surface area contributed by atoms with E-state index in [1.807, 2.05) is 0 Å². The van der Waals surface area contributed by atoms with Crippen molar-refractivity contribution in [3.63, 3.8) is 0 Å². The molecule has 3 aromatic rings. The van der Waals surface area contributed by atoms with E-state index in [4.69, 9.17) is 4.74 Å². The number of ether oxygens (including phenoxy) is 1. The molecule has 0 aliphatic carbocycles. The van der Waals surface area contributed by atoms with Gasteiger partial charge in [0.25, 0.3) is 0 Å². The lowest BCUT2D eigenvalue weighted by Crippen LogP contribution is -2.45. The Morgan fingerprint density at radius 1 is 1.06 bits per heavy atom. The second-order valence-electron chi connectivity index (χ2n) is 8.12. The third-order valence-electron chi connectivity index (χ3n) is 5.85. The second kappa shape index (κ2) is 10.4. The predicted molar refractivity (Wildman–Crippen MR) is 119 cm³/mol. The number of aromatic nitrogens is 1. The molecule has 0 bridgehead atoms. The topological polar surface area (TPSA) is 74.6 Å². The van der Waals surface area contributed by atoms with Gasteiger partial charge in [-0.15, -0.1) is 0 Å². The van der Waals surface area contributed by atoms with E-state index in [1.54, 1.807) is 12.1 Å². The summed E-state index contributed by atoms with van der Waals surface area (Å²) in [5.74, 6) is -1.44. The molecule has 0 saturated carbocycles. The Hall–Kier alpha value is -2.78. The highest BCUT2D eigenvalue weighted by molar-refractivity contribution is 5.82. The van der Waals surface area contributed by atoms with Crippen molar-refractivity contribution in [3.8, 4) is 0 Å². The van der Waals surface area contributed by atoms with Crippen molar-refractivity contribution in [2.45, 2.75) is 37.2 Å². The fraction of sp³-hybridized carbons (Fsp3) is 0.320. The quantitative estimate of drug-likeness (QED) is 0.501. The maximum atomic E-state index is 13.7. The molecule has 0 radical (unpaired) electrons. The maximum absolute atomic E-state index is 13.7. The Balaban J connectivity index is 1.30. The van der Waals surface area contributed by atoms with Gasteiger partial charge in [0.2, 0.25) is 0 Å². The smallest absolute Gasteiger partial charge is 0.130 e. The molecule has 2 aromatic carbocycles. The number of rotatable bonds is 7. The largest absolute Gasteiger partial charge is 0.387 e. The first-order chi connectivity index (χ1) is 15.9. The number of hydrogen-bond donors (Lipinski definition) is 3. The third-order valence-corrected chi connectivity index (χ3v) is 5.85. The van der Waals surface area contributed by atoms with E-state index in [9.17, 15) is 23.4 Å². The first-order valence-corrected chi connectivity index (χ1v) is 10.8. The van der Waals surface area contributed by atoms with E-state index >= 15 is 0 Å². The predicted octanol–water partition coefficient (Wildman–Crippen LogP) is 3.90. The summed E-state index contributed by atoms with van der Waals surface area (Å²) in [4.78, 5) is 4.17. The molecule has 1 aliphatic rings. The van der Waals surface area contributed by atoms with E-state index in [0.29, 0.717) is 42.5 Å². The average Bonchev–Trinajstić information content (AvgIpc) is 2.83. The summed E-state index contributed by atoms with van der Waals surface area (Å²) in [5, 5.41) is 25.2. The van der Waals surface area contributed by atoms with Gasteiger partial charge in [-0.05, 0) is 60.9 Å². The highest BCUT2D eigenvalue weighted by atomic mass is 19.1. The molecule has 1 saturated heterocycles. The molecule has 5 nitrogen and oxygen atoms in total. The Morgan fingerprint density at radius 3 is 2.64 bits per heavy atom. The molecule has 1 aromatic heterocycles. The standard InChI is InChI=1S/C25H25F3N2O3/c26-16-3-6-21(28)15(12-16)2-1-10-29-18-5-8-23(33-14-18)25(32)24(31)19-9-11-30-22-7-4-17(27)13-20(19)22/h1-4,6-7,9,11-13,18,23-25,29,31-32H,5,8,10,14H2/t18-,23+,24?,25?/m0/s1. The van der Waals surface area contributed by atoms with Crippen LogP contribution in [0.2, 0.25) is 0 Å². The van der Waals surface area contributed by atoms with E-state index in [-0.39, 0.29) is 11.6 Å². The maximum Gasteiger partial charge on any atom is 0.130 e. The summed E-state index contributed by atoms with van der Waals surface area (Å²) in [7, 11) is 0. The number of pyridine rings is 1. The minimum absolute atomic E-state index is 0.0171. The summed E-state index contributed by atoms with van der Waals surface area (Å²) in [6, 6.07) is 8.98. The molecule has 4 atom stereocenters. The minimum atomic E-state index is -1.25. The van der Waals surface area contributed by atoms with Crippen molar-refractivity contribution in [2.24, 2.45) is 0 Å². The average molecular weight is 458 g/mol. The lowest BCUT2D eigenvalue weighted by Gasteiger charge is -2.34. The molecule has 174 valence electrons. The monoisotopic (exact) mass is 458 g/mol. The molecule has 3 N–H and O–H groups in total. The summed E-state index contributed by atoms with van der Waals surface area (Å²) < 4.78 is 46.3. The fourth-order valence-corrected chi connectivity index (χ4v) is 4.05. The lowest BCUT2D eigenvalue weighted by molar-refractivity contribution is -0.113. The summed E-state index contributed by atoms with van der Waals surface area (Å²) >= 11 is 0. The van der Waals surface area contributed by atoms with Crippen molar-refractivity contribution < 1.29 is 28.1 Å². The van der Waals surface area contributed by atoms with Crippen LogP contribution in [-0.2, 0) is 4.74 Å². The minimum Gasteiger partial charge on any atom is -0.387 e. The van der Waals surface area contributed by atoms with Gasteiger partial charge in [-0.25, -0.2) is 13.2 Å². The Labute approximate surface area is 189 Å². The number of aliphatic hydroxyl groups excluding tert-OH is 2. The molecule has 0 spiro atoms. The van der Waals surface area contributed by atoms with E-state index in [0.717, 1.165) is 18.2 Å². The van der Waals surface area contributed by atoms with Crippen LogP contribution in [0, 0.1) is 17.5 Å². The van der Waals surface area contributed by atoms with Crippen LogP contribution in [0.1, 0.15) is 30.1 Å². The van der Waals surface area contributed by atoms with Gasteiger partial charge in [0.15, 0.2) is 0 Å². The molecule has 33 heavy (non-hydrogen) atoms. The molecule has 1 fully saturated rings. The number of fused-ring (bicyclic) bond motifs is 1. The van der Waals surface area contributed by atoms with Gasteiger partial charge in [0.05, 0.1) is 18.2 Å². The molecule has 1 aliphatic heterocycles. The molecular weight excluding hydrogens is 433 g/mol. The van der Waals surface area contributed by atoms with Crippen LogP contribution in [0.3, 0.4) is 0 Å². The number of halogens is 3. The number of nitrogens with zero attached hydrogens (tertiary/aromatic N) is 1. The zero-order chi connectivity index (χ0) is 23.4. The molecule has 2 heterocycles. The van der Waals surface area contributed by atoms with Gasteiger partial charge in [-0.3, -0.25) is 4.98 Å². The van der Waals surface area contributed by atoms with Gasteiger partial charge < -0.3 is 20.3 Å². The molecule has 2 unspecified atom stereocenters. The lowest BCUT2D eigenvalue weighted by atomic mass is 9.93. The van der Waals surface area contributed by atoms with Crippen molar-refractivity contribution in [1.29, 1.82) is 0 Å². The van der Waals surface area contributed by atoms with Crippen LogP contribution in [0.5, 0.6) is 0 Å². The zero-order valence-electron chi connectivity index (χ0n) is 17.8. The van der Waals surface area contributed by atoms with E-state index in [2.05, 4.69) is 10.3 Å². The first kappa shape index (κ1) is 23.4. The van der Waals surface area contributed by atoms with Crippen LogP contribution in [0.25, 0.3) is 17.0 Å². The summed E-state index contributed by atoms with van der Waals surface area (Å²) in [6.45, 7) is 0.761. The zero-order valence-corrected chi connectivity index (χ0v) is 17.8. The van der Waals surface area contributed by atoms with Gasteiger partial charge in [-0.2, -0.15) is 0 Å². The summed E-state index contributed by atoms with van der Waals surface area (Å²) in [6.07, 6.45) is 2.92. The van der Waals surface area contributed by atoms with Crippen molar-refractivity contribution in [3.05, 3.63) is 83.3 Å². The second-order valence-corrected chi connectivity index (χ2v) is 8.12. The van der Waals surface area contributed by atoms with Crippen molar-refractivity contribution in [1.82, 2.24) is 10.3 Å². The summed E-state index contributed by atoms with van der Waals surface area (Å²) in [5.41, 5.74) is 1.10. The molecule has 4 rings (SSSR count). The SMILES string of the molecule is OC(c1ccnc2ccc(F)cc12)C(O)[C@H]1CC[C@H](NCC=Cc2cc(F)ccc2F)CO1. The number of aliphatic hydroxyl groups is 2. The van der Waals surface area contributed by atoms with Crippen molar-refractivity contribution >= 4 is 17.0 Å². The fourth-order valence-electron chi connectivity index (χ4n) is 4.05. The van der Waals surface area contributed by atoms with Crippen LogP contribution in [0.4, 0.5) is 13.2 Å². The highest BCUT2D eigenvalue weighted by Crippen LogP contribution is 2.30. The highest BCUT2D eigenvalue weighted by Gasteiger charge is 2.33. The first-order valence-electron chi connectivity index (χ1n) is 10.8. The molecule has 0 amide bonds. The number of hydrogen-bond acceptors (Lipinski definition) is 5. The van der Waals surface area contributed by atoms with Gasteiger partial charge in [0.1, 0.15) is 29.7 Å². The van der Waals surface area contributed by atoms with Crippen LogP contribution in [-0.4, -0.2) is 46.6 Å². The van der Waals surface area contributed by atoms with Gasteiger partial charge in [0, 0.05) is 29.7 Å². The van der Waals surface area contributed by atoms with Gasteiger partial charge in [-0.1, -0.05) is 12.2 Å². The number of benzene rings is 2. The van der Waals surface area contributed by atoms with Crippen molar-refractivity contribution in [2.75, 3.05) is 13.2 Å².